The number of piperidine rings is 1. The summed E-state index contributed by atoms with van der Waals surface area (Å²) in [5, 5.41) is 0.325. The summed E-state index contributed by atoms with van der Waals surface area (Å²) in [6.07, 6.45) is 1.69. The standard InChI is InChI=1S/C13H22BrNO4/c1-13(2,3)19-12(17)9-18-10-5-4-6-15(8-10)11(16)7-14/h10H,4-9H2,1-3H3. The van der Waals surface area contributed by atoms with Gasteiger partial charge in [-0.05, 0) is 33.6 Å². The summed E-state index contributed by atoms with van der Waals surface area (Å²) in [6, 6.07) is 0. The van der Waals surface area contributed by atoms with E-state index in [0.717, 1.165) is 19.4 Å². The van der Waals surface area contributed by atoms with Crippen molar-refractivity contribution in [2.24, 2.45) is 0 Å². The van der Waals surface area contributed by atoms with Crippen molar-refractivity contribution in [1.29, 1.82) is 0 Å². The number of esters is 1. The summed E-state index contributed by atoms with van der Waals surface area (Å²) in [6.45, 7) is 6.72. The smallest absolute Gasteiger partial charge is 0.332 e. The summed E-state index contributed by atoms with van der Waals surface area (Å²) in [5.74, 6) is -0.304. The van der Waals surface area contributed by atoms with E-state index in [1.54, 1.807) is 4.90 Å². The van der Waals surface area contributed by atoms with Gasteiger partial charge in [-0.1, -0.05) is 15.9 Å². The van der Waals surface area contributed by atoms with Gasteiger partial charge in [0, 0.05) is 13.1 Å². The topological polar surface area (TPSA) is 55.8 Å². The molecule has 19 heavy (non-hydrogen) atoms. The lowest BCUT2D eigenvalue weighted by Crippen LogP contribution is -2.44. The lowest BCUT2D eigenvalue weighted by molar-refractivity contribution is -0.163. The number of amides is 1. The number of ether oxygens (including phenoxy) is 2. The van der Waals surface area contributed by atoms with Crippen molar-refractivity contribution in [1.82, 2.24) is 4.90 Å². The van der Waals surface area contributed by atoms with Gasteiger partial charge in [0.1, 0.15) is 12.2 Å². The highest BCUT2D eigenvalue weighted by molar-refractivity contribution is 9.09. The molecule has 0 spiro atoms. The van der Waals surface area contributed by atoms with E-state index in [2.05, 4.69) is 15.9 Å². The molecule has 1 atom stereocenters. The van der Waals surface area contributed by atoms with Gasteiger partial charge in [-0.3, -0.25) is 4.79 Å². The van der Waals surface area contributed by atoms with E-state index in [0.29, 0.717) is 11.9 Å². The van der Waals surface area contributed by atoms with Crippen LogP contribution in [0.1, 0.15) is 33.6 Å². The Labute approximate surface area is 122 Å². The van der Waals surface area contributed by atoms with E-state index in [-0.39, 0.29) is 24.6 Å². The molecule has 0 N–H and O–H groups in total. The first-order valence-electron chi connectivity index (χ1n) is 6.49. The molecule has 1 fully saturated rings. The molecule has 1 aliphatic rings. The van der Waals surface area contributed by atoms with E-state index in [4.69, 9.17) is 9.47 Å². The normalized spacial score (nSPS) is 20.2. The first-order chi connectivity index (χ1) is 8.81. The maximum absolute atomic E-state index is 11.6. The van der Waals surface area contributed by atoms with Gasteiger partial charge in [0.05, 0.1) is 11.4 Å². The molecule has 0 saturated carbocycles. The minimum absolute atomic E-state index is 0.0573. The largest absolute Gasteiger partial charge is 0.458 e. The van der Waals surface area contributed by atoms with Crippen molar-refractivity contribution in [2.75, 3.05) is 25.0 Å². The minimum Gasteiger partial charge on any atom is -0.458 e. The molecule has 110 valence electrons. The lowest BCUT2D eigenvalue weighted by atomic mass is 10.1. The zero-order valence-corrected chi connectivity index (χ0v) is 13.4. The van der Waals surface area contributed by atoms with Gasteiger partial charge >= 0.3 is 5.97 Å². The number of hydrogen-bond donors (Lipinski definition) is 0. The number of nitrogens with zero attached hydrogens (tertiary/aromatic N) is 1. The van der Waals surface area contributed by atoms with Crippen molar-refractivity contribution >= 4 is 27.8 Å². The molecule has 0 aromatic carbocycles. The van der Waals surface area contributed by atoms with Crippen molar-refractivity contribution in [3.8, 4) is 0 Å². The number of likely N-dealkylation sites (tertiary alicyclic amines) is 1. The van der Waals surface area contributed by atoms with Crippen LogP contribution >= 0.6 is 15.9 Å². The minimum atomic E-state index is -0.495. The van der Waals surface area contributed by atoms with Gasteiger partial charge in [0.2, 0.25) is 5.91 Å². The summed E-state index contributed by atoms with van der Waals surface area (Å²) >= 11 is 3.16. The Morgan fingerprint density at radius 2 is 2.05 bits per heavy atom. The quantitative estimate of drug-likeness (QED) is 0.580. The van der Waals surface area contributed by atoms with E-state index >= 15 is 0 Å². The highest BCUT2D eigenvalue weighted by atomic mass is 79.9. The van der Waals surface area contributed by atoms with Gasteiger partial charge < -0.3 is 14.4 Å². The molecular weight excluding hydrogens is 314 g/mol. The second-order valence-electron chi connectivity index (χ2n) is 5.64. The van der Waals surface area contributed by atoms with Gasteiger partial charge in [0.15, 0.2) is 0 Å². The number of halogens is 1. The average molecular weight is 336 g/mol. The first kappa shape index (κ1) is 16.4. The first-order valence-corrected chi connectivity index (χ1v) is 7.61. The predicted molar refractivity (Wildman–Crippen MR) is 75.2 cm³/mol. The highest BCUT2D eigenvalue weighted by Crippen LogP contribution is 2.14. The summed E-state index contributed by atoms with van der Waals surface area (Å²) in [4.78, 5) is 24.9. The van der Waals surface area contributed by atoms with E-state index < -0.39 is 5.60 Å². The van der Waals surface area contributed by atoms with E-state index in [9.17, 15) is 9.59 Å². The fourth-order valence-corrected chi connectivity index (χ4v) is 2.30. The molecule has 0 aromatic rings. The van der Waals surface area contributed by atoms with Gasteiger partial charge in [0.25, 0.3) is 0 Å². The Hall–Kier alpha value is -0.620. The van der Waals surface area contributed by atoms with Crippen molar-refractivity contribution in [3.63, 3.8) is 0 Å². The van der Waals surface area contributed by atoms with Crippen molar-refractivity contribution < 1.29 is 19.1 Å². The predicted octanol–water partition coefficient (Wildman–Crippen LogP) is 1.73. The second-order valence-corrected chi connectivity index (χ2v) is 6.20. The molecule has 0 radical (unpaired) electrons. The van der Waals surface area contributed by atoms with Crippen LogP contribution in [0.5, 0.6) is 0 Å². The third-order valence-corrected chi connectivity index (χ3v) is 3.18. The number of rotatable bonds is 4. The summed E-state index contributed by atoms with van der Waals surface area (Å²) in [7, 11) is 0. The SMILES string of the molecule is CC(C)(C)OC(=O)COC1CCCN(C(=O)CBr)C1. The Bertz CT molecular complexity index is 327. The van der Waals surface area contributed by atoms with Crippen LogP contribution in [0.25, 0.3) is 0 Å². The lowest BCUT2D eigenvalue weighted by Gasteiger charge is -2.32. The second kappa shape index (κ2) is 7.24. The number of alkyl halides is 1. The molecule has 0 aliphatic carbocycles. The van der Waals surface area contributed by atoms with Crippen LogP contribution in [0, 0.1) is 0 Å². The number of carbonyl (C=O) groups excluding carboxylic acids is 2. The Balaban J connectivity index is 2.33. The zero-order chi connectivity index (χ0) is 14.5. The van der Waals surface area contributed by atoms with Gasteiger partial charge in [-0.25, -0.2) is 4.79 Å². The fraction of sp³-hybridized carbons (Fsp3) is 0.846. The third kappa shape index (κ3) is 6.38. The fourth-order valence-electron chi connectivity index (χ4n) is 1.94. The van der Waals surface area contributed by atoms with Crippen molar-refractivity contribution in [3.05, 3.63) is 0 Å². The molecule has 1 rings (SSSR count). The maximum Gasteiger partial charge on any atom is 0.332 e. The molecule has 5 nitrogen and oxygen atoms in total. The average Bonchev–Trinajstić information content (AvgIpc) is 2.34. The van der Waals surface area contributed by atoms with Gasteiger partial charge in [-0.15, -0.1) is 0 Å². The molecule has 0 bridgehead atoms. The Morgan fingerprint density at radius 1 is 1.37 bits per heavy atom. The highest BCUT2D eigenvalue weighted by Gasteiger charge is 2.25. The van der Waals surface area contributed by atoms with Crippen LogP contribution in [0.15, 0.2) is 0 Å². The molecular formula is C13H22BrNO4. The van der Waals surface area contributed by atoms with Crippen molar-refractivity contribution in [2.45, 2.75) is 45.3 Å². The molecule has 1 saturated heterocycles. The molecule has 1 unspecified atom stereocenters. The van der Waals surface area contributed by atoms with Crippen LogP contribution < -0.4 is 0 Å². The monoisotopic (exact) mass is 335 g/mol. The third-order valence-electron chi connectivity index (χ3n) is 2.70. The zero-order valence-electron chi connectivity index (χ0n) is 11.8. The maximum atomic E-state index is 11.6. The van der Waals surface area contributed by atoms with E-state index in [1.165, 1.54) is 0 Å². The molecule has 1 aliphatic heterocycles. The number of carbonyl (C=O) groups is 2. The Kier molecular flexibility index (Phi) is 6.26. The molecule has 6 heteroatoms. The molecule has 0 aromatic heterocycles. The van der Waals surface area contributed by atoms with Crippen LogP contribution in [-0.2, 0) is 19.1 Å². The van der Waals surface area contributed by atoms with E-state index in [1.807, 2.05) is 20.8 Å². The number of hydrogen-bond acceptors (Lipinski definition) is 4. The Morgan fingerprint density at radius 3 is 2.63 bits per heavy atom. The van der Waals surface area contributed by atoms with Crippen LogP contribution in [-0.4, -0.2) is 53.5 Å². The van der Waals surface area contributed by atoms with Crippen LogP contribution in [0.2, 0.25) is 0 Å². The molecule has 1 heterocycles. The van der Waals surface area contributed by atoms with Gasteiger partial charge in [-0.2, -0.15) is 0 Å². The van der Waals surface area contributed by atoms with Crippen LogP contribution in [0.4, 0.5) is 0 Å². The summed E-state index contributed by atoms with van der Waals surface area (Å²) in [5.41, 5.74) is -0.495. The van der Waals surface area contributed by atoms with Crippen LogP contribution in [0.3, 0.4) is 0 Å². The molecule has 1 amide bonds. The summed E-state index contributed by atoms with van der Waals surface area (Å²) < 4.78 is 10.7.